The van der Waals surface area contributed by atoms with Crippen LogP contribution in [-0.2, 0) is 19.4 Å². The lowest BCUT2D eigenvalue weighted by Gasteiger charge is -2.11. The second-order valence-corrected chi connectivity index (χ2v) is 8.35. The first-order valence-corrected chi connectivity index (χ1v) is 10.7. The summed E-state index contributed by atoms with van der Waals surface area (Å²) in [6.07, 6.45) is 4.93. The molecule has 0 saturated heterocycles. The van der Waals surface area contributed by atoms with Gasteiger partial charge in [0.15, 0.2) is 0 Å². The molecule has 0 unspecified atom stereocenters. The zero-order chi connectivity index (χ0) is 21.1. The Morgan fingerprint density at radius 1 is 1.13 bits per heavy atom. The monoisotopic (exact) mass is 421 g/mol. The van der Waals surface area contributed by atoms with Gasteiger partial charge in [-0.2, -0.15) is 5.10 Å². The molecule has 3 heterocycles. The number of hydrogen-bond donors (Lipinski definition) is 1. The number of carbonyl (C=O) groups is 1. The van der Waals surface area contributed by atoms with E-state index in [9.17, 15) is 9.59 Å². The molecule has 4 rings (SSSR count). The normalized spacial score (nSPS) is 11.1. The highest BCUT2D eigenvalue weighted by atomic mass is 32.1. The maximum atomic E-state index is 12.9. The van der Waals surface area contributed by atoms with E-state index >= 15 is 0 Å². The fourth-order valence-corrected chi connectivity index (χ4v) is 4.11. The minimum Gasteiger partial charge on any atom is -0.351 e. The Labute approximate surface area is 178 Å². The van der Waals surface area contributed by atoms with Crippen molar-refractivity contribution in [1.82, 2.24) is 24.5 Å². The van der Waals surface area contributed by atoms with Crippen LogP contribution in [0.5, 0.6) is 0 Å². The summed E-state index contributed by atoms with van der Waals surface area (Å²) in [5.74, 6) is -0.346. The van der Waals surface area contributed by atoms with E-state index in [4.69, 9.17) is 0 Å². The Balaban J connectivity index is 1.40. The lowest BCUT2D eigenvalue weighted by atomic mass is 10.1. The van der Waals surface area contributed by atoms with Crippen LogP contribution < -0.4 is 10.9 Å². The predicted octanol–water partition coefficient (Wildman–Crippen LogP) is 2.78. The molecular formula is C22H23N5O2S. The molecule has 7 nitrogen and oxygen atoms in total. The second-order valence-electron chi connectivity index (χ2n) is 7.19. The molecule has 1 amide bonds. The van der Waals surface area contributed by atoms with Crippen LogP contribution in [0.15, 0.2) is 53.6 Å². The number of benzene rings is 1. The van der Waals surface area contributed by atoms with Crippen LogP contribution in [0.1, 0.15) is 32.2 Å². The van der Waals surface area contributed by atoms with Crippen molar-refractivity contribution in [3.05, 3.63) is 86.5 Å². The van der Waals surface area contributed by atoms with Crippen molar-refractivity contribution < 1.29 is 4.79 Å². The molecule has 0 aliphatic rings. The fourth-order valence-electron chi connectivity index (χ4n) is 3.37. The number of amides is 1. The summed E-state index contributed by atoms with van der Waals surface area (Å²) >= 11 is 1.53. The molecule has 0 radical (unpaired) electrons. The number of nitrogens with one attached hydrogen (secondary N) is 1. The first-order valence-electron chi connectivity index (χ1n) is 9.85. The molecule has 3 aromatic heterocycles. The maximum absolute atomic E-state index is 12.9. The largest absolute Gasteiger partial charge is 0.351 e. The van der Waals surface area contributed by atoms with Gasteiger partial charge in [0.25, 0.3) is 11.5 Å². The standard InChI is InChI=1S/C22H23N5O2S/c1-15-9-12-26(13-10-17-6-4-3-5-7-17)21(29)19(15)20(28)23-11-8-18-14-27-22(24-18)30-16(2)25-27/h3-7,9,12,14H,8,10-11,13H2,1-2H3,(H,23,28). The highest BCUT2D eigenvalue weighted by Crippen LogP contribution is 2.13. The van der Waals surface area contributed by atoms with Crippen LogP contribution in [0, 0.1) is 13.8 Å². The summed E-state index contributed by atoms with van der Waals surface area (Å²) in [5, 5.41) is 8.16. The number of hydrogen-bond acceptors (Lipinski definition) is 5. The first kappa shape index (κ1) is 20.0. The molecular weight excluding hydrogens is 398 g/mol. The molecule has 1 aromatic carbocycles. The number of imidazole rings is 1. The van der Waals surface area contributed by atoms with Gasteiger partial charge >= 0.3 is 0 Å². The van der Waals surface area contributed by atoms with Gasteiger partial charge in [-0.25, -0.2) is 9.50 Å². The molecule has 0 spiro atoms. The minimum absolute atomic E-state index is 0.202. The predicted molar refractivity (Wildman–Crippen MR) is 117 cm³/mol. The Kier molecular flexibility index (Phi) is 5.76. The number of aryl methyl sites for hydroxylation is 4. The number of pyridine rings is 1. The average Bonchev–Trinajstić information content (AvgIpc) is 3.25. The highest BCUT2D eigenvalue weighted by molar-refractivity contribution is 7.16. The zero-order valence-corrected chi connectivity index (χ0v) is 17.8. The molecule has 0 saturated carbocycles. The van der Waals surface area contributed by atoms with E-state index in [1.165, 1.54) is 11.3 Å². The van der Waals surface area contributed by atoms with Gasteiger partial charge in [0.1, 0.15) is 10.6 Å². The van der Waals surface area contributed by atoms with Gasteiger partial charge in [-0.15, -0.1) is 0 Å². The van der Waals surface area contributed by atoms with Gasteiger partial charge in [0.2, 0.25) is 4.96 Å². The Morgan fingerprint density at radius 2 is 1.93 bits per heavy atom. The number of fused-ring (bicyclic) bond motifs is 1. The van der Waals surface area contributed by atoms with Crippen LogP contribution in [-0.4, -0.2) is 31.6 Å². The number of carbonyl (C=O) groups excluding carboxylic acids is 1. The van der Waals surface area contributed by atoms with Crippen molar-refractivity contribution in [2.75, 3.05) is 6.54 Å². The highest BCUT2D eigenvalue weighted by Gasteiger charge is 2.16. The molecule has 8 heteroatoms. The van der Waals surface area contributed by atoms with Crippen molar-refractivity contribution >= 4 is 22.2 Å². The Hall–Kier alpha value is -3.26. The summed E-state index contributed by atoms with van der Waals surface area (Å²) in [6.45, 7) is 4.66. The Bertz CT molecular complexity index is 1210. The van der Waals surface area contributed by atoms with Crippen molar-refractivity contribution in [1.29, 1.82) is 0 Å². The summed E-state index contributed by atoms with van der Waals surface area (Å²) in [7, 11) is 0. The third-order valence-electron chi connectivity index (χ3n) is 4.95. The van der Waals surface area contributed by atoms with Gasteiger partial charge in [-0.3, -0.25) is 9.59 Å². The van der Waals surface area contributed by atoms with Crippen molar-refractivity contribution in [2.45, 2.75) is 33.2 Å². The average molecular weight is 422 g/mol. The molecule has 0 aliphatic carbocycles. The molecule has 4 aromatic rings. The van der Waals surface area contributed by atoms with E-state index in [1.54, 1.807) is 22.2 Å². The quantitative estimate of drug-likeness (QED) is 0.498. The topological polar surface area (TPSA) is 81.3 Å². The van der Waals surface area contributed by atoms with E-state index in [-0.39, 0.29) is 17.0 Å². The first-order chi connectivity index (χ1) is 14.5. The zero-order valence-electron chi connectivity index (χ0n) is 17.0. The maximum Gasteiger partial charge on any atom is 0.263 e. The van der Waals surface area contributed by atoms with E-state index < -0.39 is 0 Å². The molecule has 0 aliphatic heterocycles. The number of aromatic nitrogens is 4. The van der Waals surface area contributed by atoms with Crippen LogP contribution >= 0.6 is 11.3 Å². The molecule has 154 valence electrons. The summed E-state index contributed by atoms with van der Waals surface area (Å²) in [5.41, 5.74) is 2.63. The SMILES string of the molecule is Cc1nn2cc(CCNC(=O)c3c(C)ccn(CCc4ccccc4)c3=O)nc2s1. The summed E-state index contributed by atoms with van der Waals surface area (Å²) < 4.78 is 3.36. The third-order valence-corrected chi connectivity index (χ3v) is 5.78. The van der Waals surface area contributed by atoms with Gasteiger partial charge in [-0.05, 0) is 37.5 Å². The third kappa shape index (κ3) is 4.33. The minimum atomic E-state index is -0.346. The second kappa shape index (κ2) is 8.62. The molecule has 30 heavy (non-hydrogen) atoms. The Morgan fingerprint density at radius 3 is 2.70 bits per heavy atom. The lowest BCUT2D eigenvalue weighted by Crippen LogP contribution is -2.35. The molecule has 0 fully saturated rings. The van der Waals surface area contributed by atoms with Gasteiger partial charge in [0, 0.05) is 25.7 Å². The van der Waals surface area contributed by atoms with E-state index in [1.807, 2.05) is 49.5 Å². The molecule has 1 N–H and O–H groups in total. The van der Waals surface area contributed by atoms with Crippen LogP contribution in [0.4, 0.5) is 0 Å². The van der Waals surface area contributed by atoms with Gasteiger partial charge in [0.05, 0.1) is 11.9 Å². The lowest BCUT2D eigenvalue weighted by molar-refractivity contribution is 0.0951. The van der Waals surface area contributed by atoms with Crippen LogP contribution in [0.2, 0.25) is 0 Å². The number of nitrogens with zero attached hydrogens (tertiary/aromatic N) is 4. The number of rotatable bonds is 7. The van der Waals surface area contributed by atoms with Crippen molar-refractivity contribution in [2.24, 2.45) is 0 Å². The van der Waals surface area contributed by atoms with Crippen molar-refractivity contribution in [3.63, 3.8) is 0 Å². The van der Waals surface area contributed by atoms with Crippen LogP contribution in [0.3, 0.4) is 0 Å². The van der Waals surface area contributed by atoms with Gasteiger partial charge in [-0.1, -0.05) is 41.7 Å². The van der Waals surface area contributed by atoms with Gasteiger partial charge < -0.3 is 9.88 Å². The fraction of sp³-hybridized carbons (Fsp3) is 0.273. The smallest absolute Gasteiger partial charge is 0.263 e. The molecule has 0 atom stereocenters. The van der Waals surface area contributed by atoms with E-state index in [2.05, 4.69) is 15.4 Å². The van der Waals surface area contributed by atoms with E-state index in [0.717, 1.165) is 27.6 Å². The van der Waals surface area contributed by atoms with Crippen LogP contribution in [0.25, 0.3) is 4.96 Å². The summed E-state index contributed by atoms with van der Waals surface area (Å²) in [6, 6.07) is 11.8. The van der Waals surface area contributed by atoms with Crippen molar-refractivity contribution in [3.8, 4) is 0 Å². The summed E-state index contributed by atoms with van der Waals surface area (Å²) in [4.78, 5) is 30.9. The molecule has 0 bridgehead atoms. The van der Waals surface area contributed by atoms with E-state index in [0.29, 0.717) is 25.1 Å².